The highest BCUT2D eigenvalue weighted by molar-refractivity contribution is 5.33. The van der Waals surface area contributed by atoms with E-state index in [1.54, 1.807) is 18.2 Å². The predicted octanol–water partition coefficient (Wildman–Crippen LogP) is 1.79. The number of hydrogen-bond donors (Lipinski definition) is 1. The summed E-state index contributed by atoms with van der Waals surface area (Å²) in [5.74, 6) is 0.211. The molecule has 0 saturated heterocycles. The molecule has 0 bridgehead atoms. The van der Waals surface area contributed by atoms with Crippen LogP contribution in [0.2, 0.25) is 0 Å². The lowest BCUT2D eigenvalue weighted by atomic mass is 10.1. The highest BCUT2D eigenvalue weighted by atomic mass is 19.3. The van der Waals surface area contributed by atoms with Crippen molar-refractivity contribution < 1.29 is 13.5 Å². The van der Waals surface area contributed by atoms with Crippen molar-refractivity contribution in [2.75, 3.05) is 6.54 Å². The van der Waals surface area contributed by atoms with Crippen LogP contribution in [0.4, 0.5) is 8.78 Å². The third-order valence-corrected chi connectivity index (χ3v) is 1.60. The molecule has 0 amide bonds. The Morgan fingerprint density at radius 2 is 2.00 bits per heavy atom. The van der Waals surface area contributed by atoms with Gasteiger partial charge in [0.2, 0.25) is 0 Å². The first-order valence-corrected chi connectivity index (χ1v) is 3.97. The number of hydrogen-bond acceptors (Lipinski definition) is 2. The zero-order valence-corrected chi connectivity index (χ0v) is 7.04. The zero-order chi connectivity index (χ0) is 9.68. The molecule has 13 heavy (non-hydrogen) atoms. The number of benzene rings is 1. The summed E-state index contributed by atoms with van der Waals surface area (Å²) in [6.45, 7) is -2.36. The van der Waals surface area contributed by atoms with Gasteiger partial charge in [0.05, 0.1) is 0 Å². The molecule has 0 aromatic heterocycles. The quantitative estimate of drug-likeness (QED) is 0.779. The number of rotatable bonds is 4. The molecular formula is C9H11F2NO. The number of alkyl halides is 2. The molecule has 0 aliphatic carbocycles. The van der Waals surface area contributed by atoms with Crippen LogP contribution >= 0.6 is 0 Å². The molecule has 2 nitrogen and oxygen atoms in total. The average Bonchev–Trinajstić information content (AvgIpc) is 2.08. The minimum absolute atomic E-state index is 0.211. The summed E-state index contributed by atoms with van der Waals surface area (Å²) in [6, 6.07) is 6.66. The van der Waals surface area contributed by atoms with Gasteiger partial charge in [0.1, 0.15) is 5.75 Å². The molecule has 1 aromatic carbocycles. The topological polar surface area (TPSA) is 35.2 Å². The lowest BCUT2D eigenvalue weighted by molar-refractivity contribution is -0.0504. The number of nitrogens with two attached hydrogens (primary N) is 1. The van der Waals surface area contributed by atoms with E-state index in [1.807, 2.05) is 0 Å². The van der Waals surface area contributed by atoms with E-state index in [1.165, 1.54) is 6.07 Å². The Morgan fingerprint density at radius 3 is 2.62 bits per heavy atom. The maximum Gasteiger partial charge on any atom is 0.387 e. The van der Waals surface area contributed by atoms with Crippen LogP contribution in [0.3, 0.4) is 0 Å². The summed E-state index contributed by atoms with van der Waals surface area (Å²) < 4.78 is 28.1. The second-order valence-corrected chi connectivity index (χ2v) is 2.52. The smallest absolute Gasteiger partial charge is 0.387 e. The molecule has 2 N–H and O–H groups in total. The van der Waals surface area contributed by atoms with Crippen molar-refractivity contribution in [3.05, 3.63) is 29.8 Å². The number of para-hydroxylation sites is 1. The molecule has 0 aliphatic heterocycles. The molecule has 0 radical (unpaired) electrons. The average molecular weight is 187 g/mol. The van der Waals surface area contributed by atoms with Crippen molar-refractivity contribution in [2.45, 2.75) is 13.0 Å². The van der Waals surface area contributed by atoms with Crippen molar-refractivity contribution in [3.63, 3.8) is 0 Å². The molecule has 72 valence electrons. The molecular weight excluding hydrogens is 176 g/mol. The van der Waals surface area contributed by atoms with Crippen molar-refractivity contribution in [1.29, 1.82) is 0 Å². The van der Waals surface area contributed by atoms with Gasteiger partial charge in [-0.15, -0.1) is 0 Å². The van der Waals surface area contributed by atoms with E-state index >= 15 is 0 Å². The lowest BCUT2D eigenvalue weighted by Crippen LogP contribution is -2.08. The monoisotopic (exact) mass is 187 g/mol. The van der Waals surface area contributed by atoms with E-state index in [9.17, 15) is 8.78 Å². The molecule has 0 heterocycles. The molecule has 0 fully saturated rings. The fraction of sp³-hybridized carbons (Fsp3) is 0.333. The van der Waals surface area contributed by atoms with Crippen molar-refractivity contribution in [1.82, 2.24) is 0 Å². The third kappa shape index (κ3) is 2.99. The summed E-state index contributed by atoms with van der Waals surface area (Å²) >= 11 is 0. The van der Waals surface area contributed by atoms with E-state index in [2.05, 4.69) is 4.74 Å². The largest absolute Gasteiger partial charge is 0.435 e. The first-order chi connectivity index (χ1) is 6.24. The SMILES string of the molecule is NCCc1ccccc1OC(F)F. The van der Waals surface area contributed by atoms with Crippen LogP contribution in [-0.4, -0.2) is 13.2 Å². The Balaban J connectivity index is 2.78. The standard InChI is InChI=1S/C9H11F2NO/c10-9(11)13-8-4-2-1-3-7(8)5-6-12/h1-4,9H,5-6,12H2. The van der Waals surface area contributed by atoms with Gasteiger partial charge >= 0.3 is 6.61 Å². The van der Waals surface area contributed by atoms with Gasteiger partial charge in [-0.1, -0.05) is 18.2 Å². The van der Waals surface area contributed by atoms with Gasteiger partial charge in [0, 0.05) is 0 Å². The summed E-state index contributed by atoms with van der Waals surface area (Å²) in [5, 5.41) is 0. The van der Waals surface area contributed by atoms with E-state index in [-0.39, 0.29) is 5.75 Å². The van der Waals surface area contributed by atoms with Gasteiger partial charge in [-0.3, -0.25) is 0 Å². The predicted molar refractivity (Wildman–Crippen MR) is 45.8 cm³/mol. The first-order valence-electron chi connectivity index (χ1n) is 3.97. The molecule has 0 atom stereocenters. The Morgan fingerprint density at radius 1 is 1.31 bits per heavy atom. The lowest BCUT2D eigenvalue weighted by Gasteiger charge is -2.08. The second kappa shape index (κ2) is 4.77. The molecule has 0 spiro atoms. The summed E-state index contributed by atoms with van der Waals surface area (Å²) in [6.07, 6.45) is 0.545. The van der Waals surface area contributed by atoms with Crippen LogP contribution in [0.25, 0.3) is 0 Å². The minimum atomic E-state index is -2.78. The second-order valence-electron chi connectivity index (χ2n) is 2.52. The van der Waals surface area contributed by atoms with Crippen LogP contribution in [-0.2, 0) is 6.42 Å². The van der Waals surface area contributed by atoms with Crippen LogP contribution in [0.1, 0.15) is 5.56 Å². The maximum atomic E-state index is 11.9. The maximum absolute atomic E-state index is 11.9. The van der Waals surface area contributed by atoms with Gasteiger partial charge in [-0.2, -0.15) is 8.78 Å². The van der Waals surface area contributed by atoms with Crippen LogP contribution in [0.15, 0.2) is 24.3 Å². The van der Waals surface area contributed by atoms with E-state index in [0.29, 0.717) is 18.5 Å². The summed E-state index contributed by atoms with van der Waals surface area (Å²) in [5.41, 5.74) is 6.03. The Hall–Kier alpha value is -1.16. The normalized spacial score (nSPS) is 10.5. The highest BCUT2D eigenvalue weighted by Crippen LogP contribution is 2.19. The van der Waals surface area contributed by atoms with Gasteiger partial charge in [0.15, 0.2) is 0 Å². The molecule has 0 aliphatic rings. The Labute approximate surface area is 75.3 Å². The van der Waals surface area contributed by atoms with Crippen molar-refractivity contribution in [3.8, 4) is 5.75 Å². The number of halogens is 2. The first kappa shape index (κ1) is 9.92. The third-order valence-electron chi connectivity index (χ3n) is 1.60. The fourth-order valence-corrected chi connectivity index (χ4v) is 1.08. The molecule has 4 heteroatoms. The highest BCUT2D eigenvalue weighted by Gasteiger charge is 2.07. The number of ether oxygens (including phenoxy) is 1. The van der Waals surface area contributed by atoms with Gasteiger partial charge in [0.25, 0.3) is 0 Å². The minimum Gasteiger partial charge on any atom is -0.435 e. The van der Waals surface area contributed by atoms with E-state index in [4.69, 9.17) is 5.73 Å². The fourth-order valence-electron chi connectivity index (χ4n) is 1.08. The zero-order valence-electron chi connectivity index (χ0n) is 7.04. The Bertz CT molecular complexity index is 266. The van der Waals surface area contributed by atoms with Gasteiger partial charge in [-0.25, -0.2) is 0 Å². The molecule has 0 saturated carbocycles. The summed E-state index contributed by atoms with van der Waals surface area (Å²) in [4.78, 5) is 0. The van der Waals surface area contributed by atoms with Crippen LogP contribution in [0, 0.1) is 0 Å². The van der Waals surface area contributed by atoms with Crippen molar-refractivity contribution >= 4 is 0 Å². The van der Waals surface area contributed by atoms with Crippen LogP contribution in [0.5, 0.6) is 5.75 Å². The molecule has 0 unspecified atom stereocenters. The van der Waals surface area contributed by atoms with Crippen molar-refractivity contribution in [2.24, 2.45) is 5.73 Å². The van der Waals surface area contributed by atoms with Crippen LogP contribution < -0.4 is 10.5 Å². The molecule has 1 aromatic rings. The van der Waals surface area contributed by atoms with Gasteiger partial charge < -0.3 is 10.5 Å². The Kier molecular flexibility index (Phi) is 3.64. The van der Waals surface area contributed by atoms with Gasteiger partial charge in [-0.05, 0) is 24.6 Å². The van der Waals surface area contributed by atoms with E-state index < -0.39 is 6.61 Å². The van der Waals surface area contributed by atoms with E-state index in [0.717, 1.165) is 0 Å². The summed E-state index contributed by atoms with van der Waals surface area (Å²) in [7, 11) is 0. The molecule has 1 rings (SSSR count).